The van der Waals surface area contributed by atoms with E-state index in [-0.39, 0.29) is 0 Å². The predicted molar refractivity (Wildman–Crippen MR) is 110 cm³/mol. The van der Waals surface area contributed by atoms with Crippen LogP contribution in [0.1, 0.15) is 28.8 Å². The lowest BCUT2D eigenvalue weighted by atomic mass is 9.89. The van der Waals surface area contributed by atoms with E-state index in [0.29, 0.717) is 0 Å². The highest BCUT2D eigenvalue weighted by Crippen LogP contribution is 2.41. The highest BCUT2D eigenvalue weighted by atomic mass is 15.0. The molecule has 1 aliphatic rings. The van der Waals surface area contributed by atoms with E-state index in [9.17, 15) is 0 Å². The molecule has 4 aromatic rings. The molecule has 5 rings (SSSR count). The number of aryl methyl sites for hydroxylation is 1. The molecule has 0 radical (unpaired) electrons. The molecule has 1 aliphatic carbocycles. The number of benzene rings is 3. The van der Waals surface area contributed by atoms with Gasteiger partial charge in [-0.05, 0) is 48.6 Å². The van der Waals surface area contributed by atoms with Gasteiger partial charge in [-0.1, -0.05) is 72.8 Å². The van der Waals surface area contributed by atoms with Crippen LogP contribution in [0.25, 0.3) is 22.2 Å². The van der Waals surface area contributed by atoms with Crippen LogP contribution in [0.2, 0.25) is 0 Å². The highest BCUT2D eigenvalue weighted by molar-refractivity contribution is 6.01. The van der Waals surface area contributed by atoms with E-state index in [1.54, 1.807) is 0 Å². The Bertz CT molecular complexity index is 1120. The maximum atomic E-state index is 2.48. The average Bonchev–Trinajstić information content (AvgIpc) is 3.05. The van der Waals surface area contributed by atoms with Crippen LogP contribution in [0.5, 0.6) is 0 Å². The molecule has 1 heterocycles. The molecule has 0 saturated carbocycles. The molecule has 0 atom stereocenters. The Kier molecular flexibility index (Phi) is 3.53. The Morgan fingerprint density at radius 1 is 0.769 bits per heavy atom. The summed E-state index contributed by atoms with van der Waals surface area (Å²) >= 11 is 0. The van der Waals surface area contributed by atoms with E-state index in [1.165, 1.54) is 44.5 Å². The van der Waals surface area contributed by atoms with Gasteiger partial charge in [-0.3, -0.25) is 0 Å². The molecular weight excluding hydrogens is 314 g/mol. The monoisotopic (exact) mass is 335 g/mol. The fourth-order valence-electron chi connectivity index (χ4n) is 4.29. The fraction of sp³-hybridized carbons (Fsp3) is 0.120. The Labute approximate surface area is 154 Å². The molecule has 0 bridgehead atoms. The first-order valence-corrected chi connectivity index (χ1v) is 9.29. The van der Waals surface area contributed by atoms with E-state index < -0.39 is 0 Å². The molecule has 1 nitrogen and oxygen atoms in total. The summed E-state index contributed by atoms with van der Waals surface area (Å²) in [4.78, 5) is 0. The molecule has 0 fully saturated rings. The smallest absolute Gasteiger partial charge is 0.0567 e. The molecule has 1 heteroatoms. The third-order valence-corrected chi connectivity index (χ3v) is 5.39. The van der Waals surface area contributed by atoms with Gasteiger partial charge in [0, 0.05) is 22.3 Å². The number of para-hydroxylation sites is 2. The van der Waals surface area contributed by atoms with E-state index in [0.717, 1.165) is 12.8 Å². The lowest BCUT2D eigenvalue weighted by Crippen LogP contribution is -2.06. The van der Waals surface area contributed by atoms with E-state index in [2.05, 4.69) is 96.4 Å². The first-order valence-electron chi connectivity index (χ1n) is 9.29. The number of aromatic nitrogens is 1. The van der Waals surface area contributed by atoms with Gasteiger partial charge in [0.15, 0.2) is 0 Å². The molecule has 0 amide bonds. The Morgan fingerprint density at radius 3 is 2.27 bits per heavy atom. The lowest BCUT2D eigenvalue weighted by molar-refractivity contribution is 0.883. The molecule has 0 saturated heterocycles. The molecule has 0 unspecified atom stereocenters. The third-order valence-electron chi connectivity index (χ3n) is 5.39. The van der Waals surface area contributed by atoms with Crippen molar-refractivity contribution in [2.24, 2.45) is 0 Å². The van der Waals surface area contributed by atoms with E-state index in [4.69, 9.17) is 0 Å². The van der Waals surface area contributed by atoms with Crippen LogP contribution < -0.4 is 0 Å². The molecular formula is C25H21N. The first kappa shape index (κ1) is 15.2. The lowest BCUT2D eigenvalue weighted by Gasteiger charge is -2.18. The van der Waals surface area contributed by atoms with E-state index in [1.807, 2.05) is 0 Å². The molecule has 126 valence electrons. The van der Waals surface area contributed by atoms with E-state index >= 15 is 0 Å². The zero-order chi connectivity index (χ0) is 17.5. The van der Waals surface area contributed by atoms with Gasteiger partial charge in [0.2, 0.25) is 0 Å². The van der Waals surface area contributed by atoms with Crippen molar-refractivity contribution in [3.8, 4) is 5.69 Å². The maximum absolute atomic E-state index is 2.48. The summed E-state index contributed by atoms with van der Waals surface area (Å²) in [7, 11) is 0. The normalized spacial score (nSPS) is 13.5. The zero-order valence-electron chi connectivity index (χ0n) is 14.9. The molecule has 0 spiro atoms. The highest BCUT2D eigenvalue weighted by Gasteiger charge is 2.24. The molecule has 3 aromatic carbocycles. The second-order valence-corrected chi connectivity index (χ2v) is 6.99. The van der Waals surface area contributed by atoms with Crippen molar-refractivity contribution < 1.29 is 0 Å². The summed E-state index contributed by atoms with van der Waals surface area (Å²) in [6.45, 7) is 2.22. The SMILES string of the molecule is Cc1cccc2c3c(n(-c4ccccc4)c12)CCC=C3c1ccccc1. The summed E-state index contributed by atoms with van der Waals surface area (Å²) in [6.07, 6.45) is 4.57. The Hall–Kier alpha value is -3.06. The van der Waals surface area contributed by atoms with Crippen LogP contribution in [-0.4, -0.2) is 4.57 Å². The van der Waals surface area contributed by atoms with Crippen LogP contribution in [0.4, 0.5) is 0 Å². The number of nitrogens with zero attached hydrogens (tertiary/aromatic N) is 1. The van der Waals surface area contributed by atoms with Crippen LogP contribution in [0.15, 0.2) is 84.9 Å². The van der Waals surface area contributed by atoms with Crippen LogP contribution >= 0.6 is 0 Å². The minimum Gasteiger partial charge on any atom is -0.313 e. The topological polar surface area (TPSA) is 4.93 Å². The summed E-state index contributed by atoms with van der Waals surface area (Å²) in [6, 6.07) is 28.3. The van der Waals surface area contributed by atoms with Gasteiger partial charge >= 0.3 is 0 Å². The Morgan fingerprint density at radius 2 is 1.50 bits per heavy atom. The van der Waals surface area contributed by atoms with Gasteiger partial charge in [0.1, 0.15) is 0 Å². The van der Waals surface area contributed by atoms with Gasteiger partial charge in [0.25, 0.3) is 0 Å². The van der Waals surface area contributed by atoms with Gasteiger partial charge < -0.3 is 4.57 Å². The molecule has 0 aliphatic heterocycles. The summed E-state index contributed by atoms with van der Waals surface area (Å²) in [5.41, 5.74) is 9.44. The van der Waals surface area contributed by atoms with Gasteiger partial charge in [-0.15, -0.1) is 0 Å². The van der Waals surface area contributed by atoms with Crippen molar-refractivity contribution in [2.45, 2.75) is 19.8 Å². The number of hydrogen-bond acceptors (Lipinski definition) is 0. The van der Waals surface area contributed by atoms with Gasteiger partial charge in [0.05, 0.1) is 5.52 Å². The summed E-state index contributed by atoms with van der Waals surface area (Å²) in [5.74, 6) is 0. The number of fused-ring (bicyclic) bond motifs is 3. The predicted octanol–water partition coefficient (Wildman–Crippen LogP) is 6.32. The van der Waals surface area contributed by atoms with Crippen molar-refractivity contribution >= 4 is 16.5 Å². The summed E-state index contributed by atoms with van der Waals surface area (Å²) in [5, 5.41) is 1.36. The zero-order valence-corrected chi connectivity index (χ0v) is 14.9. The van der Waals surface area contributed by atoms with Crippen molar-refractivity contribution in [3.63, 3.8) is 0 Å². The van der Waals surface area contributed by atoms with Crippen molar-refractivity contribution in [1.82, 2.24) is 4.57 Å². The fourth-order valence-corrected chi connectivity index (χ4v) is 4.29. The van der Waals surface area contributed by atoms with Crippen LogP contribution in [0, 0.1) is 6.92 Å². The molecule has 0 N–H and O–H groups in total. The summed E-state index contributed by atoms with van der Waals surface area (Å²) < 4.78 is 2.48. The quantitative estimate of drug-likeness (QED) is 0.404. The minimum atomic E-state index is 1.08. The first-order chi connectivity index (χ1) is 12.8. The standard InChI is InChI=1S/C25H21N/c1-18-10-8-16-22-24-21(19-11-4-2-5-12-19)15-9-17-23(24)26(25(18)22)20-13-6-3-7-14-20/h2-8,10-16H,9,17H2,1H3. The number of allylic oxidation sites excluding steroid dienone is 1. The molecule has 1 aromatic heterocycles. The largest absolute Gasteiger partial charge is 0.313 e. The van der Waals surface area contributed by atoms with Crippen molar-refractivity contribution in [3.05, 3.63) is 107 Å². The second kappa shape index (κ2) is 6.03. The minimum absolute atomic E-state index is 1.08. The van der Waals surface area contributed by atoms with Crippen molar-refractivity contribution in [1.29, 1.82) is 0 Å². The van der Waals surface area contributed by atoms with Gasteiger partial charge in [-0.25, -0.2) is 0 Å². The maximum Gasteiger partial charge on any atom is 0.0567 e. The number of rotatable bonds is 2. The average molecular weight is 335 g/mol. The van der Waals surface area contributed by atoms with Gasteiger partial charge in [-0.2, -0.15) is 0 Å². The molecule has 26 heavy (non-hydrogen) atoms. The van der Waals surface area contributed by atoms with Crippen molar-refractivity contribution in [2.75, 3.05) is 0 Å². The number of hydrogen-bond donors (Lipinski definition) is 0. The third kappa shape index (κ3) is 2.24. The second-order valence-electron chi connectivity index (χ2n) is 6.99. The Balaban J connectivity index is 1.88. The van der Waals surface area contributed by atoms with Crippen LogP contribution in [0.3, 0.4) is 0 Å². The van der Waals surface area contributed by atoms with Crippen LogP contribution in [-0.2, 0) is 6.42 Å².